The Bertz CT molecular complexity index is 422. The standard InChI is InChI=1S/C10H13N3O/c1-7(2)5-11-10-9-8(3-4-14-9)6-12-13-10/h3-4,6-7H,5H2,1-2H3,(H,11,13). The Labute approximate surface area is 82.3 Å². The van der Waals surface area contributed by atoms with Crippen molar-refractivity contribution in [2.24, 2.45) is 5.92 Å². The predicted molar refractivity (Wildman–Crippen MR) is 55.1 cm³/mol. The van der Waals surface area contributed by atoms with Gasteiger partial charge in [-0.3, -0.25) is 0 Å². The SMILES string of the molecule is CC(C)CNc1nncc2ccoc12. The number of anilines is 1. The van der Waals surface area contributed by atoms with Crippen molar-refractivity contribution in [3.05, 3.63) is 18.5 Å². The van der Waals surface area contributed by atoms with Crippen LogP contribution in [0.5, 0.6) is 0 Å². The van der Waals surface area contributed by atoms with Crippen LogP contribution in [0.25, 0.3) is 11.0 Å². The van der Waals surface area contributed by atoms with Crippen LogP contribution in [-0.4, -0.2) is 16.7 Å². The normalized spacial score (nSPS) is 11.1. The highest BCUT2D eigenvalue weighted by molar-refractivity contribution is 5.85. The van der Waals surface area contributed by atoms with Gasteiger partial charge in [-0.15, -0.1) is 5.10 Å². The van der Waals surface area contributed by atoms with Crippen molar-refractivity contribution in [2.75, 3.05) is 11.9 Å². The molecule has 2 rings (SSSR count). The van der Waals surface area contributed by atoms with Crippen molar-refractivity contribution in [3.63, 3.8) is 0 Å². The third-order valence-electron chi connectivity index (χ3n) is 1.94. The lowest BCUT2D eigenvalue weighted by atomic mass is 10.2. The number of fused-ring (bicyclic) bond motifs is 1. The van der Waals surface area contributed by atoms with E-state index in [0.717, 1.165) is 23.3 Å². The molecule has 14 heavy (non-hydrogen) atoms. The second-order valence-electron chi connectivity index (χ2n) is 3.67. The first-order valence-electron chi connectivity index (χ1n) is 4.70. The molecule has 0 unspecified atom stereocenters. The fraction of sp³-hybridized carbons (Fsp3) is 0.400. The highest BCUT2D eigenvalue weighted by Gasteiger charge is 2.05. The molecule has 74 valence electrons. The average Bonchev–Trinajstić information content (AvgIpc) is 2.62. The Kier molecular flexibility index (Phi) is 2.35. The highest BCUT2D eigenvalue weighted by Crippen LogP contribution is 2.20. The third-order valence-corrected chi connectivity index (χ3v) is 1.94. The van der Waals surface area contributed by atoms with Crippen molar-refractivity contribution < 1.29 is 4.42 Å². The van der Waals surface area contributed by atoms with Crippen LogP contribution in [0.2, 0.25) is 0 Å². The quantitative estimate of drug-likeness (QED) is 0.808. The first kappa shape index (κ1) is 8.99. The van der Waals surface area contributed by atoms with E-state index in [9.17, 15) is 0 Å². The topological polar surface area (TPSA) is 51.0 Å². The van der Waals surface area contributed by atoms with Crippen LogP contribution in [-0.2, 0) is 0 Å². The van der Waals surface area contributed by atoms with E-state index >= 15 is 0 Å². The van der Waals surface area contributed by atoms with E-state index in [1.807, 2.05) is 6.07 Å². The molecule has 0 radical (unpaired) electrons. The number of hydrogen-bond acceptors (Lipinski definition) is 4. The molecule has 0 spiro atoms. The Morgan fingerprint density at radius 2 is 2.36 bits per heavy atom. The first-order valence-corrected chi connectivity index (χ1v) is 4.70. The van der Waals surface area contributed by atoms with Gasteiger partial charge in [0.15, 0.2) is 11.4 Å². The number of rotatable bonds is 3. The maximum absolute atomic E-state index is 5.32. The summed E-state index contributed by atoms with van der Waals surface area (Å²) in [5.41, 5.74) is 0.778. The van der Waals surface area contributed by atoms with Gasteiger partial charge in [0.2, 0.25) is 0 Å². The molecular weight excluding hydrogens is 178 g/mol. The minimum absolute atomic E-state index is 0.571. The molecule has 4 nitrogen and oxygen atoms in total. The molecule has 0 aliphatic heterocycles. The molecule has 0 atom stereocenters. The van der Waals surface area contributed by atoms with Gasteiger partial charge in [0.05, 0.1) is 12.5 Å². The summed E-state index contributed by atoms with van der Waals surface area (Å²) in [5.74, 6) is 1.29. The Hall–Kier alpha value is -1.58. The first-order chi connectivity index (χ1) is 6.77. The van der Waals surface area contributed by atoms with Crippen molar-refractivity contribution >= 4 is 16.8 Å². The minimum Gasteiger partial charge on any atom is -0.460 e. The zero-order chi connectivity index (χ0) is 9.97. The number of furan rings is 1. The zero-order valence-electron chi connectivity index (χ0n) is 8.32. The van der Waals surface area contributed by atoms with Crippen molar-refractivity contribution in [2.45, 2.75) is 13.8 Å². The summed E-state index contributed by atoms with van der Waals surface area (Å²) in [6, 6.07) is 1.88. The predicted octanol–water partition coefficient (Wildman–Crippen LogP) is 2.29. The lowest BCUT2D eigenvalue weighted by Crippen LogP contribution is -2.09. The van der Waals surface area contributed by atoms with E-state index in [0.29, 0.717) is 5.92 Å². The van der Waals surface area contributed by atoms with Gasteiger partial charge in [-0.1, -0.05) is 13.8 Å². The molecule has 4 heteroatoms. The van der Waals surface area contributed by atoms with E-state index in [4.69, 9.17) is 4.42 Å². The van der Waals surface area contributed by atoms with Gasteiger partial charge >= 0.3 is 0 Å². The van der Waals surface area contributed by atoms with Gasteiger partial charge in [0, 0.05) is 11.9 Å². The summed E-state index contributed by atoms with van der Waals surface area (Å²) in [4.78, 5) is 0. The molecule has 0 amide bonds. The molecule has 0 bridgehead atoms. The van der Waals surface area contributed by atoms with Gasteiger partial charge in [-0.25, -0.2) is 0 Å². The summed E-state index contributed by atoms with van der Waals surface area (Å²) in [6.45, 7) is 5.15. The van der Waals surface area contributed by atoms with Crippen LogP contribution in [0.4, 0.5) is 5.82 Å². The van der Waals surface area contributed by atoms with E-state index in [2.05, 4.69) is 29.4 Å². The van der Waals surface area contributed by atoms with Crippen LogP contribution in [0.3, 0.4) is 0 Å². The number of hydrogen-bond donors (Lipinski definition) is 1. The number of aromatic nitrogens is 2. The van der Waals surface area contributed by atoms with Gasteiger partial charge in [0.25, 0.3) is 0 Å². The highest BCUT2D eigenvalue weighted by atomic mass is 16.3. The van der Waals surface area contributed by atoms with E-state index in [1.54, 1.807) is 12.5 Å². The van der Waals surface area contributed by atoms with E-state index < -0.39 is 0 Å². The number of nitrogens with zero attached hydrogens (tertiary/aromatic N) is 2. The largest absolute Gasteiger partial charge is 0.460 e. The number of nitrogens with one attached hydrogen (secondary N) is 1. The molecule has 0 saturated heterocycles. The molecule has 0 aliphatic rings. The molecular formula is C10H13N3O. The average molecular weight is 191 g/mol. The van der Waals surface area contributed by atoms with Gasteiger partial charge in [0.1, 0.15) is 0 Å². The summed E-state index contributed by atoms with van der Waals surface area (Å²) >= 11 is 0. The fourth-order valence-corrected chi connectivity index (χ4v) is 1.22. The molecule has 0 fully saturated rings. The second kappa shape index (κ2) is 3.65. The molecule has 2 aromatic rings. The maximum atomic E-state index is 5.32. The summed E-state index contributed by atoms with van der Waals surface area (Å²) in [5, 5.41) is 12.1. The molecule has 0 saturated carbocycles. The van der Waals surface area contributed by atoms with Gasteiger partial charge in [-0.05, 0) is 12.0 Å². The third kappa shape index (κ3) is 1.69. The lowest BCUT2D eigenvalue weighted by molar-refractivity contribution is 0.612. The Balaban J connectivity index is 2.27. The maximum Gasteiger partial charge on any atom is 0.192 e. The minimum atomic E-state index is 0.571. The zero-order valence-corrected chi connectivity index (χ0v) is 8.32. The molecule has 0 aliphatic carbocycles. The van der Waals surface area contributed by atoms with Crippen LogP contribution in [0, 0.1) is 5.92 Å². The smallest absolute Gasteiger partial charge is 0.192 e. The molecule has 1 N–H and O–H groups in total. The van der Waals surface area contributed by atoms with E-state index in [-0.39, 0.29) is 0 Å². The van der Waals surface area contributed by atoms with E-state index in [1.165, 1.54) is 0 Å². The molecule has 2 heterocycles. The van der Waals surface area contributed by atoms with Crippen LogP contribution in [0.15, 0.2) is 22.9 Å². The van der Waals surface area contributed by atoms with Crippen molar-refractivity contribution in [1.82, 2.24) is 10.2 Å². The fourth-order valence-electron chi connectivity index (χ4n) is 1.22. The van der Waals surface area contributed by atoms with Crippen LogP contribution >= 0.6 is 0 Å². The molecule has 2 aromatic heterocycles. The molecule has 0 aromatic carbocycles. The van der Waals surface area contributed by atoms with Crippen LogP contribution in [0.1, 0.15) is 13.8 Å². The monoisotopic (exact) mass is 191 g/mol. The summed E-state index contributed by atoms with van der Waals surface area (Å²) in [6.07, 6.45) is 3.34. The Morgan fingerprint density at radius 3 is 3.14 bits per heavy atom. The second-order valence-corrected chi connectivity index (χ2v) is 3.67. The van der Waals surface area contributed by atoms with Gasteiger partial charge < -0.3 is 9.73 Å². The summed E-state index contributed by atoms with van der Waals surface area (Å²) in [7, 11) is 0. The lowest BCUT2D eigenvalue weighted by Gasteiger charge is -2.06. The van der Waals surface area contributed by atoms with Gasteiger partial charge in [-0.2, -0.15) is 5.10 Å². The Morgan fingerprint density at radius 1 is 1.50 bits per heavy atom. The van der Waals surface area contributed by atoms with Crippen LogP contribution < -0.4 is 5.32 Å². The summed E-state index contributed by atoms with van der Waals surface area (Å²) < 4.78 is 5.32. The van der Waals surface area contributed by atoms with Crippen molar-refractivity contribution in [1.29, 1.82) is 0 Å². The van der Waals surface area contributed by atoms with Crippen molar-refractivity contribution in [3.8, 4) is 0 Å².